The highest BCUT2D eigenvalue weighted by Gasteiger charge is 2.07. The summed E-state index contributed by atoms with van der Waals surface area (Å²) in [5.74, 6) is -0.512. The van der Waals surface area contributed by atoms with Crippen LogP contribution in [0, 0.1) is 11.6 Å². The molecule has 1 N–H and O–H groups in total. The van der Waals surface area contributed by atoms with Gasteiger partial charge in [-0.15, -0.1) is 0 Å². The van der Waals surface area contributed by atoms with Gasteiger partial charge in [0, 0.05) is 19.2 Å². The number of aryl methyl sites for hydroxylation is 1. The number of nitrogens with one attached hydrogen (secondary N) is 1. The van der Waals surface area contributed by atoms with E-state index >= 15 is 0 Å². The van der Waals surface area contributed by atoms with Crippen LogP contribution in [0.15, 0.2) is 24.5 Å². The Balaban J connectivity index is 1.94. The molecule has 1 aromatic heterocycles. The van der Waals surface area contributed by atoms with E-state index < -0.39 is 11.6 Å². The monoisotopic (exact) mass is 238 g/mol. The molecule has 2 aromatic rings. The molecule has 0 saturated heterocycles. The first-order chi connectivity index (χ1) is 8.16. The predicted octanol–water partition coefficient (Wildman–Crippen LogP) is 1.38. The lowest BCUT2D eigenvalue weighted by Gasteiger charge is -2.05. The summed E-state index contributed by atoms with van der Waals surface area (Å²) in [5.41, 5.74) is 0.0310. The van der Waals surface area contributed by atoms with E-state index in [0.717, 1.165) is 0 Å². The number of nitrogens with zero attached hydrogens (tertiary/aromatic N) is 3. The largest absolute Gasteiger partial charge is 0.305 e. The third-order valence-electron chi connectivity index (χ3n) is 2.29. The van der Waals surface area contributed by atoms with E-state index in [-0.39, 0.29) is 12.1 Å². The lowest BCUT2D eigenvalue weighted by molar-refractivity contribution is 0.531. The molecule has 4 nitrogen and oxygen atoms in total. The molecule has 17 heavy (non-hydrogen) atoms. The van der Waals surface area contributed by atoms with Crippen molar-refractivity contribution in [1.82, 2.24) is 20.1 Å². The maximum Gasteiger partial charge on any atom is 0.164 e. The van der Waals surface area contributed by atoms with Gasteiger partial charge >= 0.3 is 0 Å². The topological polar surface area (TPSA) is 42.7 Å². The van der Waals surface area contributed by atoms with E-state index in [4.69, 9.17) is 0 Å². The number of halogens is 2. The van der Waals surface area contributed by atoms with Crippen LogP contribution >= 0.6 is 0 Å². The van der Waals surface area contributed by atoms with Crippen molar-refractivity contribution in [2.45, 2.75) is 13.1 Å². The second-order valence-corrected chi connectivity index (χ2v) is 3.64. The van der Waals surface area contributed by atoms with Gasteiger partial charge in [0.1, 0.15) is 18.0 Å². The van der Waals surface area contributed by atoms with Crippen molar-refractivity contribution in [3.8, 4) is 0 Å². The SMILES string of the molecule is Cn1cnc(CNCc2c(F)cccc2F)n1. The summed E-state index contributed by atoms with van der Waals surface area (Å²) in [5, 5.41) is 6.94. The first kappa shape index (κ1) is 11.7. The van der Waals surface area contributed by atoms with E-state index in [1.165, 1.54) is 18.2 Å². The second-order valence-electron chi connectivity index (χ2n) is 3.64. The Bertz CT molecular complexity index is 490. The highest BCUT2D eigenvalue weighted by molar-refractivity contribution is 5.19. The molecular formula is C11H12F2N4. The Morgan fingerprint density at radius 2 is 1.94 bits per heavy atom. The normalized spacial score (nSPS) is 10.8. The van der Waals surface area contributed by atoms with Crippen molar-refractivity contribution in [3.05, 3.63) is 47.5 Å². The van der Waals surface area contributed by atoms with E-state index in [1.807, 2.05) is 0 Å². The summed E-state index contributed by atoms with van der Waals surface area (Å²) in [6.07, 6.45) is 1.57. The molecule has 2 rings (SSSR count). The van der Waals surface area contributed by atoms with Crippen molar-refractivity contribution in [2.24, 2.45) is 7.05 Å². The van der Waals surface area contributed by atoms with Crippen LogP contribution in [0.1, 0.15) is 11.4 Å². The average molecular weight is 238 g/mol. The van der Waals surface area contributed by atoms with Gasteiger partial charge in [0.25, 0.3) is 0 Å². The summed E-state index contributed by atoms with van der Waals surface area (Å²) in [7, 11) is 1.76. The standard InChI is InChI=1S/C11H12F2N4/c1-17-7-15-11(16-17)6-14-5-8-9(12)3-2-4-10(8)13/h2-4,7,14H,5-6H2,1H3. The van der Waals surface area contributed by atoms with Gasteiger partial charge in [0.2, 0.25) is 0 Å². The van der Waals surface area contributed by atoms with Crippen LogP contribution in [0.2, 0.25) is 0 Å². The summed E-state index contributed by atoms with van der Waals surface area (Å²) >= 11 is 0. The van der Waals surface area contributed by atoms with Gasteiger partial charge in [0.05, 0.1) is 6.54 Å². The molecule has 0 aliphatic rings. The molecule has 0 bridgehead atoms. The molecule has 0 aliphatic heterocycles. The first-order valence-electron chi connectivity index (χ1n) is 5.15. The number of rotatable bonds is 4. The number of hydrogen-bond acceptors (Lipinski definition) is 3. The minimum absolute atomic E-state index is 0.0310. The van der Waals surface area contributed by atoms with Gasteiger partial charge in [0.15, 0.2) is 5.82 Å². The lowest BCUT2D eigenvalue weighted by Crippen LogP contribution is -2.16. The molecule has 6 heteroatoms. The maximum absolute atomic E-state index is 13.3. The lowest BCUT2D eigenvalue weighted by atomic mass is 10.2. The van der Waals surface area contributed by atoms with Gasteiger partial charge in [-0.1, -0.05) is 6.07 Å². The van der Waals surface area contributed by atoms with Crippen LogP contribution in [0.3, 0.4) is 0 Å². The highest BCUT2D eigenvalue weighted by atomic mass is 19.1. The maximum atomic E-state index is 13.3. The zero-order chi connectivity index (χ0) is 12.3. The first-order valence-corrected chi connectivity index (χ1v) is 5.15. The van der Waals surface area contributed by atoms with E-state index in [0.29, 0.717) is 12.4 Å². The van der Waals surface area contributed by atoms with Crippen LogP contribution in [0.5, 0.6) is 0 Å². The Hall–Kier alpha value is -1.82. The Morgan fingerprint density at radius 3 is 2.53 bits per heavy atom. The molecular weight excluding hydrogens is 226 g/mol. The zero-order valence-electron chi connectivity index (χ0n) is 9.32. The minimum atomic E-state index is -0.550. The second kappa shape index (κ2) is 5.01. The number of hydrogen-bond donors (Lipinski definition) is 1. The van der Waals surface area contributed by atoms with Crippen LogP contribution in [-0.4, -0.2) is 14.8 Å². The van der Waals surface area contributed by atoms with Crippen LogP contribution in [0.25, 0.3) is 0 Å². The quantitative estimate of drug-likeness (QED) is 0.875. The highest BCUT2D eigenvalue weighted by Crippen LogP contribution is 2.11. The minimum Gasteiger partial charge on any atom is -0.305 e. The van der Waals surface area contributed by atoms with Gasteiger partial charge in [-0.25, -0.2) is 13.8 Å². The Kier molecular flexibility index (Phi) is 3.43. The van der Waals surface area contributed by atoms with Crippen LogP contribution in [-0.2, 0) is 20.1 Å². The van der Waals surface area contributed by atoms with Crippen molar-refractivity contribution >= 4 is 0 Å². The fraction of sp³-hybridized carbons (Fsp3) is 0.273. The van der Waals surface area contributed by atoms with Gasteiger partial charge in [-0.3, -0.25) is 4.68 Å². The molecule has 90 valence electrons. The van der Waals surface area contributed by atoms with E-state index in [1.54, 1.807) is 18.1 Å². The Morgan fingerprint density at radius 1 is 1.24 bits per heavy atom. The third kappa shape index (κ3) is 2.85. The third-order valence-corrected chi connectivity index (χ3v) is 2.29. The zero-order valence-corrected chi connectivity index (χ0v) is 9.32. The Labute approximate surface area is 97.3 Å². The smallest absolute Gasteiger partial charge is 0.164 e. The number of benzene rings is 1. The van der Waals surface area contributed by atoms with Gasteiger partial charge < -0.3 is 5.32 Å². The fourth-order valence-corrected chi connectivity index (χ4v) is 1.47. The molecule has 0 fully saturated rings. The summed E-state index contributed by atoms with van der Waals surface area (Å²) in [6.45, 7) is 0.478. The van der Waals surface area contributed by atoms with Gasteiger partial charge in [-0.2, -0.15) is 5.10 Å². The molecule has 0 unspecified atom stereocenters. The average Bonchev–Trinajstić information content (AvgIpc) is 2.69. The molecule has 1 heterocycles. The predicted molar refractivity (Wildman–Crippen MR) is 57.9 cm³/mol. The summed E-state index contributed by atoms with van der Waals surface area (Å²) < 4.78 is 28.1. The van der Waals surface area contributed by atoms with Crippen LogP contribution in [0.4, 0.5) is 8.78 Å². The van der Waals surface area contributed by atoms with Gasteiger partial charge in [-0.05, 0) is 12.1 Å². The molecule has 0 saturated carbocycles. The molecule has 1 aromatic carbocycles. The van der Waals surface area contributed by atoms with Crippen molar-refractivity contribution in [3.63, 3.8) is 0 Å². The van der Waals surface area contributed by atoms with Crippen molar-refractivity contribution in [2.75, 3.05) is 0 Å². The van der Waals surface area contributed by atoms with Crippen molar-refractivity contribution in [1.29, 1.82) is 0 Å². The van der Waals surface area contributed by atoms with E-state index in [9.17, 15) is 8.78 Å². The molecule has 0 aliphatic carbocycles. The van der Waals surface area contributed by atoms with Crippen molar-refractivity contribution < 1.29 is 8.78 Å². The summed E-state index contributed by atoms with van der Waals surface area (Å²) in [4.78, 5) is 3.99. The molecule has 0 amide bonds. The summed E-state index contributed by atoms with van der Waals surface area (Å²) in [6, 6.07) is 3.81. The van der Waals surface area contributed by atoms with Crippen LogP contribution < -0.4 is 5.32 Å². The fourth-order valence-electron chi connectivity index (χ4n) is 1.47. The molecule has 0 atom stereocenters. The molecule has 0 spiro atoms. The van der Waals surface area contributed by atoms with E-state index in [2.05, 4.69) is 15.4 Å². The number of aromatic nitrogens is 3. The molecule has 0 radical (unpaired) electrons.